The van der Waals surface area contributed by atoms with Gasteiger partial charge in [-0.2, -0.15) is 0 Å². The van der Waals surface area contributed by atoms with E-state index in [9.17, 15) is 0 Å². The van der Waals surface area contributed by atoms with E-state index in [1.54, 1.807) is 7.05 Å². The maximum absolute atomic E-state index is 8.97. The predicted octanol–water partition coefficient (Wildman–Crippen LogP) is -0.104. The maximum Gasteiger partial charge on any atom is 0.193 e. The third-order valence-corrected chi connectivity index (χ3v) is 2.61. The third kappa shape index (κ3) is 2.59. The molecule has 4 heteroatoms. The van der Waals surface area contributed by atoms with Gasteiger partial charge >= 0.3 is 0 Å². The van der Waals surface area contributed by atoms with Crippen LogP contribution in [0.5, 0.6) is 0 Å². The first-order chi connectivity index (χ1) is 6.31. The minimum atomic E-state index is 0.325. The molecule has 0 amide bonds. The molecule has 2 N–H and O–H groups in total. The molecule has 1 heterocycles. The number of aliphatic hydroxyl groups is 1. The predicted molar refractivity (Wildman–Crippen MR) is 53.8 cm³/mol. The summed E-state index contributed by atoms with van der Waals surface area (Å²) in [6.45, 7) is 2.32. The van der Waals surface area contributed by atoms with Crippen molar-refractivity contribution in [3.63, 3.8) is 0 Å². The highest BCUT2D eigenvalue weighted by molar-refractivity contribution is 5.79. The Balaban J connectivity index is 2.40. The summed E-state index contributed by atoms with van der Waals surface area (Å²) < 4.78 is 0. The third-order valence-electron chi connectivity index (χ3n) is 2.61. The Kier molecular flexibility index (Phi) is 4.02. The van der Waals surface area contributed by atoms with Gasteiger partial charge in [-0.1, -0.05) is 0 Å². The van der Waals surface area contributed by atoms with Crippen molar-refractivity contribution >= 4 is 5.96 Å². The molecule has 76 valence electrons. The highest BCUT2D eigenvalue weighted by Crippen LogP contribution is 2.15. The number of likely N-dealkylation sites (tertiary alicyclic amines) is 1. The van der Waals surface area contributed by atoms with Crippen LogP contribution in [0.4, 0.5) is 0 Å². The molecule has 1 aliphatic rings. The Morgan fingerprint density at radius 2 is 2.15 bits per heavy atom. The van der Waals surface area contributed by atoms with Gasteiger partial charge in [0.15, 0.2) is 5.96 Å². The standard InChI is InChI=1S/C9H19N3O/c1-10-9(11-2)12-5-3-8(7-13)4-6-12/h8,13H,3-7H2,1-2H3,(H,10,11). The van der Waals surface area contributed by atoms with E-state index >= 15 is 0 Å². The average Bonchev–Trinajstić information content (AvgIpc) is 2.21. The zero-order valence-corrected chi connectivity index (χ0v) is 8.45. The monoisotopic (exact) mass is 185 g/mol. The minimum Gasteiger partial charge on any atom is -0.396 e. The Morgan fingerprint density at radius 3 is 2.54 bits per heavy atom. The lowest BCUT2D eigenvalue weighted by molar-refractivity contribution is 0.165. The zero-order valence-electron chi connectivity index (χ0n) is 8.45. The molecule has 1 fully saturated rings. The van der Waals surface area contributed by atoms with E-state index in [1.165, 1.54) is 0 Å². The highest BCUT2D eigenvalue weighted by Gasteiger charge is 2.19. The summed E-state index contributed by atoms with van der Waals surface area (Å²) in [4.78, 5) is 6.38. The fourth-order valence-corrected chi connectivity index (χ4v) is 1.74. The molecular formula is C9H19N3O. The average molecular weight is 185 g/mol. The summed E-state index contributed by atoms with van der Waals surface area (Å²) in [6, 6.07) is 0. The van der Waals surface area contributed by atoms with E-state index in [0.29, 0.717) is 12.5 Å². The molecule has 0 atom stereocenters. The lowest BCUT2D eigenvalue weighted by Gasteiger charge is -2.32. The molecule has 1 saturated heterocycles. The van der Waals surface area contributed by atoms with Gasteiger partial charge in [-0.3, -0.25) is 4.99 Å². The molecule has 0 saturated carbocycles. The van der Waals surface area contributed by atoms with Crippen LogP contribution in [-0.2, 0) is 0 Å². The normalized spacial score (nSPS) is 20.5. The van der Waals surface area contributed by atoms with Gasteiger partial charge in [0.2, 0.25) is 0 Å². The van der Waals surface area contributed by atoms with E-state index in [2.05, 4.69) is 15.2 Å². The number of piperidine rings is 1. The topological polar surface area (TPSA) is 47.9 Å². The first kappa shape index (κ1) is 10.3. The van der Waals surface area contributed by atoms with Crippen LogP contribution >= 0.6 is 0 Å². The summed E-state index contributed by atoms with van der Waals surface area (Å²) >= 11 is 0. The van der Waals surface area contributed by atoms with Crippen molar-refractivity contribution < 1.29 is 5.11 Å². The SMILES string of the molecule is C/N=C(\NC)N1CCC(CO)CC1. The molecule has 0 aromatic rings. The van der Waals surface area contributed by atoms with Crippen LogP contribution in [0.2, 0.25) is 0 Å². The van der Waals surface area contributed by atoms with Crippen molar-refractivity contribution in [1.82, 2.24) is 10.2 Å². The van der Waals surface area contributed by atoms with Crippen molar-refractivity contribution in [3.8, 4) is 0 Å². The summed E-state index contributed by atoms with van der Waals surface area (Å²) in [5.74, 6) is 1.45. The van der Waals surface area contributed by atoms with E-state index in [-0.39, 0.29) is 0 Å². The summed E-state index contributed by atoms with van der Waals surface area (Å²) in [6.07, 6.45) is 2.13. The van der Waals surface area contributed by atoms with Crippen LogP contribution in [-0.4, -0.2) is 49.8 Å². The quantitative estimate of drug-likeness (QED) is 0.443. The number of rotatable bonds is 1. The molecular weight excluding hydrogens is 166 g/mol. The first-order valence-electron chi connectivity index (χ1n) is 4.82. The Bertz CT molecular complexity index is 174. The van der Waals surface area contributed by atoms with Crippen LogP contribution in [0.3, 0.4) is 0 Å². The van der Waals surface area contributed by atoms with Gasteiger partial charge in [-0.15, -0.1) is 0 Å². The van der Waals surface area contributed by atoms with E-state index < -0.39 is 0 Å². The van der Waals surface area contributed by atoms with E-state index in [0.717, 1.165) is 31.9 Å². The second-order valence-electron chi connectivity index (χ2n) is 3.41. The van der Waals surface area contributed by atoms with Gasteiger partial charge in [0.1, 0.15) is 0 Å². The number of hydrogen-bond donors (Lipinski definition) is 2. The van der Waals surface area contributed by atoms with Gasteiger partial charge in [0.25, 0.3) is 0 Å². The highest BCUT2D eigenvalue weighted by atomic mass is 16.3. The van der Waals surface area contributed by atoms with Crippen LogP contribution in [0.1, 0.15) is 12.8 Å². The first-order valence-corrected chi connectivity index (χ1v) is 4.82. The molecule has 4 nitrogen and oxygen atoms in total. The molecule has 0 aromatic heterocycles. The molecule has 13 heavy (non-hydrogen) atoms. The summed E-state index contributed by atoms with van der Waals surface area (Å²) in [5, 5.41) is 12.0. The Hall–Kier alpha value is -0.770. The van der Waals surface area contributed by atoms with E-state index in [4.69, 9.17) is 5.11 Å². The molecule has 1 rings (SSSR count). The molecule has 0 aliphatic carbocycles. The molecule has 0 bridgehead atoms. The number of nitrogens with zero attached hydrogens (tertiary/aromatic N) is 2. The van der Waals surface area contributed by atoms with Crippen LogP contribution < -0.4 is 5.32 Å². The molecule has 0 spiro atoms. The van der Waals surface area contributed by atoms with Crippen LogP contribution in [0, 0.1) is 5.92 Å². The van der Waals surface area contributed by atoms with Crippen molar-refractivity contribution in [2.24, 2.45) is 10.9 Å². The van der Waals surface area contributed by atoms with Gasteiger partial charge in [0, 0.05) is 33.8 Å². The number of nitrogens with one attached hydrogen (secondary N) is 1. The number of aliphatic imine (C=N–C) groups is 1. The minimum absolute atomic E-state index is 0.325. The lowest BCUT2D eigenvalue weighted by Crippen LogP contribution is -2.44. The fraction of sp³-hybridized carbons (Fsp3) is 0.889. The smallest absolute Gasteiger partial charge is 0.193 e. The zero-order chi connectivity index (χ0) is 9.68. The van der Waals surface area contributed by atoms with Gasteiger partial charge in [-0.25, -0.2) is 0 Å². The van der Waals surface area contributed by atoms with Crippen molar-refractivity contribution in [2.45, 2.75) is 12.8 Å². The second-order valence-corrected chi connectivity index (χ2v) is 3.41. The van der Waals surface area contributed by atoms with Gasteiger partial charge in [0.05, 0.1) is 0 Å². The number of aliphatic hydroxyl groups excluding tert-OH is 1. The fourth-order valence-electron chi connectivity index (χ4n) is 1.74. The Labute approximate surface area is 79.7 Å². The largest absolute Gasteiger partial charge is 0.396 e. The van der Waals surface area contributed by atoms with Gasteiger partial charge in [-0.05, 0) is 18.8 Å². The number of guanidine groups is 1. The van der Waals surface area contributed by atoms with E-state index in [1.807, 2.05) is 7.05 Å². The summed E-state index contributed by atoms with van der Waals surface area (Å²) in [7, 11) is 3.68. The van der Waals surface area contributed by atoms with Crippen molar-refractivity contribution in [2.75, 3.05) is 33.8 Å². The van der Waals surface area contributed by atoms with Crippen molar-refractivity contribution in [3.05, 3.63) is 0 Å². The second kappa shape index (κ2) is 5.07. The molecule has 0 radical (unpaired) electrons. The van der Waals surface area contributed by atoms with Crippen LogP contribution in [0.25, 0.3) is 0 Å². The Morgan fingerprint density at radius 1 is 1.54 bits per heavy atom. The molecule has 0 unspecified atom stereocenters. The lowest BCUT2D eigenvalue weighted by atomic mass is 9.98. The maximum atomic E-state index is 8.97. The van der Waals surface area contributed by atoms with Gasteiger partial charge < -0.3 is 15.3 Å². The summed E-state index contributed by atoms with van der Waals surface area (Å²) in [5.41, 5.74) is 0. The molecule has 0 aromatic carbocycles. The van der Waals surface area contributed by atoms with Crippen molar-refractivity contribution in [1.29, 1.82) is 0 Å². The van der Waals surface area contributed by atoms with Crippen LogP contribution in [0.15, 0.2) is 4.99 Å². The number of hydrogen-bond acceptors (Lipinski definition) is 2. The molecule has 1 aliphatic heterocycles.